The Balaban J connectivity index is 1.92. The molecule has 0 saturated heterocycles. The largest absolute Gasteiger partial charge is 0.393 e. The minimum Gasteiger partial charge on any atom is -0.393 e. The standard InChI is InChI=1S/C16H22N2O/c1-12-16(13(2)18(3)17-12)11-15(19)10-9-14-7-5-4-6-8-14/h4-8,15,19H,9-11H2,1-3H3. The van der Waals surface area contributed by atoms with Crippen LogP contribution in [-0.4, -0.2) is 21.0 Å². The highest BCUT2D eigenvalue weighted by atomic mass is 16.3. The van der Waals surface area contributed by atoms with Crippen molar-refractivity contribution in [2.75, 3.05) is 0 Å². The van der Waals surface area contributed by atoms with Gasteiger partial charge in [0.25, 0.3) is 0 Å². The fraction of sp³-hybridized carbons (Fsp3) is 0.438. The van der Waals surface area contributed by atoms with E-state index in [4.69, 9.17) is 0 Å². The molecular weight excluding hydrogens is 236 g/mol. The van der Waals surface area contributed by atoms with E-state index >= 15 is 0 Å². The molecule has 0 spiro atoms. The van der Waals surface area contributed by atoms with E-state index in [1.165, 1.54) is 11.1 Å². The summed E-state index contributed by atoms with van der Waals surface area (Å²) in [5.41, 5.74) is 4.64. The number of aryl methyl sites for hydroxylation is 3. The molecular formula is C16H22N2O. The normalized spacial score (nSPS) is 12.6. The van der Waals surface area contributed by atoms with Crippen molar-refractivity contribution in [1.82, 2.24) is 9.78 Å². The van der Waals surface area contributed by atoms with Crippen LogP contribution in [0.15, 0.2) is 30.3 Å². The zero-order valence-corrected chi connectivity index (χ0v) is 11.9. The summed E-state index contributed by atoms with van der Waals surface area (Å²) in [7, 11) is 1.95. The molecule has 1 aromatic carbocycles. The number of aliphatic hydroxyl groups is 1. The summed E-state index contributed by atoms with van der Waals surface area (Å²) in [6.45, 7) is 4.06. The highest BCUT2D eigenvalue weighted by Gasteiger charge is 2.14. The van der Waals surface area contributed by atoms with Crippen LogP contribution in [0.5, 0.6) is 0 Å². The van der Waals surface area contributed by atoms with E-state index in [2.05, 4.69) is 24.2 Å². The van der Waals surface area contributed by atoms with Crippen molar-refractivity contribution < 1.29 is 5.11 Å². The van der Waals surface area contributed by atoms with Crippen molar-refractivity contribution in [3.05, 3.63) is 52.8 Å². The van der Waals surface area contributed by atoms with Crippen molar-refractivity contribution in [2.24, 2.45) is 7.05 Å². The minimum absolute atomic E-state index is 0.304. The first kappa shape index (κ1) is 13.8. The fourth-order valence-corrected chi connectivity index (χ4v) is 2.43. The lowest BCUT2D eigenvalue weighted by Crippen LogP contribution is -2.13. The topological polar surface area (TPSA) is 38.0 Å². The second kappa shape index (κ2) is 6.02. The Hall–Kier alpha value is -1.61. The summed E-state index contributed by atoms with van der Waals surface area (Å²) in [4.78, 5) is 0. The van der Waals surface area contributed by atoms with E-state index in [1.54, 1.807) is 0 Å². The van der Waals surface area contributed by atoms with Crippen molar-refractivity contribution in [3.8, 4) is 0 Å². The second-order valence-corrected chi connectivity index (χ2v) is 5.16. The van der Waals surface area contributed by atoms with Gasteiger partial charge in [0.15, 0.2) is 0 Å². The molecule has 0 saturated carbocycles. The first-order valence-electron chi connectivity index (χ1n) is 6.79. The average Bonchev–Trinajstić information content (AvgIpc) is 2.64. The lowest BCUT2D eigenvalue weighted by molar-refractivity contribution is 0.165. The summed E-state index contributed by atoms with van der Waals surface area (Å²) in [6.07, 6.45) is 2.10. The molecule has 0 fully saturated rings. The Morgan fingerprint density at radius 1 is 1.21 bits per heavy atom. The molecule has 0 radical (unpaired) electrons. The monoisotopic (exact) mass is 258 g/mol. The van der Waals surface area contributed by atoms with Gasteiger partial charge in [-0.3, -0.25) is 4.68 Å². The van der Waals surface area contributed by atoms with Gasteiger partial charge in [-0.05, 0) is 37.8 Å². The van der Waals surface area contributed by atoms with Crippen LogP contribution >= 0.6 is 0 Å². The van der Waals surface area contributed by atoms with Crippen molar-refractivity contribution >= 4 is 0 Å². The minimum atomic E-state index is -0.304. The maximum Gasteiger partial charge on any atom is 0.0629 e. The van der Waals surface area contributed by atoms with Gasteiger partial charge in [-0.25, -0.2) is 0 Å². The quantitative estimate of drug-likeness (QED) is 0.895. The molecule has 2 aromatic rings. The molecule has 0 aliphatic heterocycles. The lowest BCUT2D eigenvalue weighted by atomic mass is 10.0. The lowest BCUT2D eigenvalue weighted by Gasteiger charge is -2.11. The van der Waals surface area contributed by atoms with E-state index in [-0.39, 0.29) is 6.10 Å². The van der Waals surface area contributed by atoms with Gasteiger partial charge >= 0.3 is 0 Å². The van der Waals surface area contributed by atoms with Gasteiger partial charge in [0.2, 0.25) is 0 Å². The molecule has 0 aliphatic carbocycles. The van der Waals surface area contributed by atoms with E-state index in [1.807, 2.05) is 36.9 Å². The van der Waals surface area contributed by atoms with Crippen LogP contribution in [0.4, 0.5) is 0 Å². The predicted octanol–water partition coefficient (Wildman–Crippen LogP) is 2.57. The molecule has 2 rings (SSSR count). The Morgan fingerprint density at radius 3 is 2.47 bits per heavy atom. The number of hydrogen-bond donors (Lipinski definition) is 1. The summed E-state index contributed by atoms with van der Waals surface area (Å²) in [5.74, 6) is 0. The van der Waals surface area contributed by atoms with Crippen LogP contribution in [0.3, 0.4) is 0 Å². The maximum atomic E-state index is 10.2. The molecule has 1 aromatic heterocycles. The molecule has 0 bridgehead atoms. The molecule has 1 atom stereocenters. The van der Waals surface area contributed by atoms with Crippen LogP contribution in [0.1, 0.15) is 28.9 Å². The molecule has 0 amide bonds. The first-order valence-corrected chi connectivity index (χ1v) is 6.79. The molecule has 19 heavy (non-hydrogen) atoms. The SMILES string of the molecule is Cc1nn(C)c(C)c1CC(O)CCc1ccccc1. The van der Waals surface area contributed by atoms with Crippen molar-refractivity contribution in [1.29, 1.82) is 0 Å². The summed E-state index contributed by atoms with van der Waals surface area (Å²) in [6, 6.07) is 10.3. The highest BCUT2D eigenvalue weighted by Crippen LogP contribution is 2.16. The summed E-state index contributed by atoms with van der Waals surface area (Å²) < 4.78 is 1.88. The van der Waals surface area contributed by atoms with Gasteiger partial charge < -0.3 is 5.11 Å². The zero-order chi connectivity index (χ0) is 13.8. The van der Waals surface area contributed by atoms with Gasteiger partial charge in [0, 0.05) is 19.2 Å². The number of nitrogens with zero attached hydrogens (tertiary/aromatic N) is 2. The Bertz CT molecular complexity index is 531. The Labute approximate surface area is 114 Å². The van der Waals surface area contributed by atoms with E-state index in [0.717, 1.165) is 24.2 Å². The van der Waals surface area contributed by atoms with Gasteiger partial charge in [-0.2, -0.15) is 5.10 Å². The fourth-order valence-electron chi connectivity index (χ4n) is 2.43. The van der Waals surface area contributed by atoms with Crippen LogP contribution in [0.2, 0.25) is 0 Å². The third kappa shape index (κ3) is 3.44. The molecule has 1 unspecified atom stereocenters. The molecule has 102 valence electrons. The highest BCUT2D eigenvalue weighted by molar-refractivity contribution is 5.25. The summed E-state index contributed by atoms with van der Waals surface area (Å²) in [5, 5.41) is 14.6. The number of aromatic nitrogens is 2. The average molecular weight is 258 g/mol. The van der Waals surface area contributed by atoms with Crippen molar-refractivity contribution in [3.63, 3.8) is 0 Å². The molecule has 1 N–H and O–H groups in total. The molecule has 0 aliphatic rings. The number of hydrogen-bond acceptors (Lipinski definition) is 2. The molecule has 3 heteroatoms. The third-order valence-corrected chi connectivity index (χ3v) is 3.71. The first-order chi connectivity index (χ1) is 9.08. The van der Waals surface area contributed by atoms with Crippen LogP contribution in [0, 0.1) is 13.8 Å². The van der Waals surface area contributed by atoms with Crippen molar-refractivity contribution in [2.45, 2.75) is 39.2 Å². The molecule has 3 nitrogen and oxygen atoms in total. The second-order valence-electron chi connectivity index (χ2n) is 5.16. The smallest absolute Gasteiger partial charge is 0.0629 e. The van der Waals surface area contributed by atoms with Gasteiger partial charge in [-0.15, -0.1) is 0 Å². The third-order valence-electron chi connectivity index (χ3n) is 3.71. The number of benzene rings is 1. The number of rotatable bonds is 5. The van der Waals surface area contributed by atoms with E-state index < -0.39 is 0 Å². The number of aliphatic hydroxyl groups excluding tert-OH is 1. The maximum absolute atomic E-state index is 10.2. The van der Waals surface area contributed by atoms with Crippen LogP contribution < -0.4 is 0 Å². The molecule has 1 heterocycles. The van der Waals surface area contributed by atoms with E-state index in [0.29, 0.717) is 6.42 Å². The van der Waals surface area contributed by atoms with Crippen LogP contribution in [-0.2, 0) is 19.9 Å². The Morgan fingerprint density at radius 2 is 1.89 bits per heavy atom. The predicted molar refractivity (Wildman–Crippen MR) is 77.2 cm³/mol. The Kier molecular flexibility index (Phi) is 4.38. The van der Waals surface area contributed by atoms with Crippen LogP contribution in [0.25, 0.3) is 0 Å². The summed E-state index contributed by atoms with van der Waals surface area (Å²) >= 11 is 0. The van der Waals surface area contributed by atoms with Gasteiger partial charge in [-0.1, -0.05) is 30.3 Å². The van der Waals surface area contributed by atoms with E-state index in [9.17, 15) is 5.11 Å². The van der Waals surface area contributed by atoms with Gasteiger partial charge in [0.1, 0.15) is 0 Å². The van der Waals surface area contributed by atoms with Gasteiger partial charge in [0.05, 0.1) is 11.8 Å². The zero-order valence-electron chi connectivity index (χ0n) is 11.9.